The smallest absolute Gasteiger partial charge is 0.225 e. The van der Waals surface area contributed by atoms with Gasteiger partial charge in [0.25, 0.3) is 0 Å². The molecule has 2 aromatic heterocycles. The summed E-state index contributed by atoms with van der Waals surface area (Å²) in [6.45, 7) is 5.37. The second-order valence-electron chi connectivity index (χ2n) is 9.24. The number of nitrogens with one attached hydrogen (secondary N) is 3. The summed E-state index contributed by atoms with van der Waals surface area (Å²) in [5.41, 5.74) is 4.86. The second kappa shape index (κ2) is 9.74. The molecule has 1 aliphatic rings. The van der Waals surface area contributed by atoms with Gasteiger partial charge >= 0.3 is 0 Å². The molecule has 0 saturated carbocycles. The van der Waals surface area contributed by atoms with Gasteiger partial charge in [0, 0.05) is 48.9 Å². The number of anilines is 2. The molecule has 0 bridgehead atoms. The van der Waals surface area contributed by atoms with E-state index >= 15 is 0 Å². The number of benzene rings is 2. The molecule has 0 aliphatic carbocycles. The summed E-state index contributed by atoms with van der Waals surface area (Å²) < 4.78 is 0. The number of piperidine rings is 1. The van der Waals surface area contributed by atoms with Crippen molar-refractivity contribution in [3.05, 3.63) is 65.9 Å². The van der Waals surface area contributed by atoms with E-state index in [-0.39, 0.29) is 17.9 Å². The molecule has 2 unspecified atom stereocenters. The molecule has 2 aromatic carbocycles. The molecule has 5 rings (SSSR count). The number of carbonyl (C=O) groups excluding carboxylic acids is 1. The minimum absolute atomic E-state index is 0.0882. The first-order chi connectivity index (χ1) is 17.0. The van der Waals surface area contributed by atoms with Gasteiger partial charge in [-0.1, -0.05) is 42.5 Å². The fourth-order valence-electron chi connectivity index (χ4n) is 4.72. The van der Waals surface area contributed by atoms with E-state index < -0.39 is 0 Å². The minimum Gasteiger partial charge on any atom is -0.357 e. The SMILES string of the molecule is CNc1nc(-c2ccc3c(C)[nH]nc3c2)cc(N2CC(C(=O)NCc3ccccc3)CCC2C)n1. The van der Waals surface area contributed by atoms with E-state index in [9.17, 15) is 4.79 Å². The molecule has 1 aliphatic heterocycles. The topological polar surface area (TPSA) is 98.8 Å². The van der Waals surface area contributed by atoms with Crippen molar-refractivity contribution in [1.29, 1.82) is 0 Å². The second-order valence-corrected chi connectivity index (χ2v) is 9.24. The Morgan fingerprint density at radius 1 is 1.11 bits per heavy atom. The van der Waals surface area contributed by atoms with Crippen molar-refractivity contribution < 1.29 is 4.79 Å². The molecule has 35 heavy (non-hydrogen) atoms. The normalized spacial score (nSPS) is 18.0. The van der Waals surface area contributed by atoms with E-state index in [1.807, 2.05) is 56.4 Å². The minimum atomic E-state index is -0.0882. The van der Waals surface area contributed by atoms with Crippen LogP contribution in [0.1, 0.15) is 31.0 Å². The van der Waals surface area contributed by atoms with E-state index in [1.54, 1.807) is 0 Å². The molecule has 1 fully saturated rings. The molecule has 8 heteroatoms. The van der Waals surface area contributed by atoms with Crippen LogP contribution in [-0.4, -0.2) is 45.7 Å². The number of hydrogen-bond acceptors (Lipinski definition) is 6. The number of carbonyl (C=O) groups is 1. The molecule has 8 nitrogen and oxygen atoms in total. The van der Waals surface area contributed by atoms with Crippen molar-refractivity contribution in [3.63, 3.8) is 0 Å². The van der Waals surface area contributed by atoms with Crippen LogP contribution in [0.25, 0.3) is 22.2 Å². The van der Waals surface area contributed by atoms with Crippen LogP contribution in [0.4, 0.5) is 11.8 Å². The number of rotatable bonds is 6. The van der Waals surface area contributed by atoms with E-state index in [2.05, 4.69) is 44.8 Å². The third-order valence-electron chi connectivity index (χ3n) is 6.83. The molecular formula is C27H31N7O. The van der Waals surface area contributed by atoms with Gasteiger partial charge < -0.3 is 15.5 Å². The fourth-order valence-corrected chi connectivity index (χ4v) is 4.72. The molecule has 3 N–H and O–H groups in total. The third kappa shape index (κ3) is 4.82. The van der Waals surface area contributed by atoms with Gasteiger partial charge in [-0.05, 0) is 38.3 Å². The van der Waals surface area contributed by atoms with E-state index in [0.717, 1.165) is 52.1 Å². The van der Waals surface area contributed by atoms with Crippen LogP contribution in [0.15, 0.2) is 54.6 Å². The Kier molecular flexibility index (Phi) is 6.35. The maximum Gasteiger partial charge on any atom is 0.225 e. The molecule has 2 atom stereocenters. The van der Waals surface area contributed by atoms with Gasteiger partial charge in [0.2, 0.25) is 11.9 Å². The standard InChI is InChI=1S/C27H31N7O/c1-17-9-10-21(26(35)29-15-19-7-5-4-6-8-19)16-34(17)25-14-23(30-27(28-3)31-25)20-11-12-22-18(2)32-33-24(22)13-20/h4-8,11-14,17,21H,9-10,15-16H2,1-3H3,(H,29,35)(H,32,33)(H,28,30,31). The quantitative estimate of drug-likeness (QED) is 0.390. The monoisotopic (exact) mass is 469 g/mol. The number of aromatic nitrogens is 4. The Hall–Kier alpha value is -3.94. The molecule has 1 saturated heterocycles. The summed E-state index contributed by atoms with van der Waals surface area (Å²) in [4.78, 5) is 24.7. The predicted molar refractivity (Wildman–Crippen MR) is 139 cm³/mol. The van der Waals surface area contributed by atoms with Crippen LogP contribution >= 0.6 is 0 Å². The van der Waals surface area contributed by atoms with Crippen LogP contribution in [0.3, 0.4) is 0 Å². The highest BCUT2D eigenvalue weighted by molar-refractivity contribution is 5.86. The Bertz CT molecular complexity index is 1330. The third-order valence-corrected chi connectivity index (χ3v) is 6.83. The summed E-state index contributed by atoms with van der Waals surface area (Å²) >= 11 is 0. The molecule has 180 valence electrons. The first kappa shape index (κ1) is 22.8. The van der Waals surface area contributed by atoms with E-state index in [0.29, 0.717) is 19.0 Å². The average Bonchev–Trinajstić information content (AvgIpc) is 3.27. The summed E-state index contributed by atoms with van der Waals surface area (Å²) in [6.07, 6.45) is 1.79. The first-order valence-corrected chi connectivity index (χ1v) is 12.1. The van der Waals surface area contributed by atoms with Crippen molar-refractivity contribution in [2.75, 3.05) is 23.8 Å². The van der Waals surface area contributed by atoms with E-state index in [4.69, 9.17) is 9.97 Å². The maximum absolute atomic E-state index is 13.0. The fraction of sp³-hybridized carbons (Fsp3) is 0.333. The highest BCUT2D eigenvalue weighted by Crippen LogP contribution is 2.31. The highest BCUT2D eigenvalue weighted by atomic mass is 16.1. The zero-order valence-electron chi connectivity index (χ0n) is 20.4. The maximum atomic E-state index is 13.0. The lowest BCUT2D eigenvalue weighted by atomic mass is 9.92. The Morgan fingerprint density at radius 3 is 2.74 bits per heavy atom. The number of fused-ring (bicyclic) bond motifs is 1. The van der Waals surface area contributed by atoms with E-state index in [1.165, 1.54) is 0 Å². The number of nitrogens with zero attached hydrogens (tertiary/aromatic N) is 4. The highest BCUT2D eigenvalue weighted by Gasteiger charge is 2.31. The van der Waals surface area contributed by atoms with Gasteiger partial charge in [0.15, 0.2) is 0 Å². The van der Waals surface area contributed by atoms with Gasteiger partial charge in [-0.2, -0.15) is 10.1 Å². The lowest BCUT2D eigenvalue weighted by molar-refractivity contribution is -0.125. The van der Waals surface area contributed by atoms with Gasteiger partial charge in [-0.3, -0.25) is 9.89 Å². The van der Waals surface area contributed by atoms with Crippen molar-refractivity contribution in [2.24, 2.45) is 5.92 Å². The van der Waals surface area contributed by atoms with Crippen molar-refractivity contribution in [1.82, 2.24) is 25.5 Å². The van der Waals surface area contributed by atoms with Crippen LogP contribution in [-0.2, 0) is 11.3 Å². The van der Waals surface area contributed by atoms with Crippen molar-refractivity contribution >= 4 is 28.6 Å². The van der Waals surface area contributed by atoms with Crippen molar-refractivity contribution in [3.8, 4) is 11.3 Å². The molecular weight excluding hydrogens is 438 g/mol. The van der Waals surface area contributed by atoms with Crippen LogP contribution < -0.4 is 15.5 Å². The zero-order valence-corrected chi connectivity index (χ0v) is 20.4. The van der Waals surface area contributed by atoms with Crippen LogP contribution in [0, 0.1) is 12.8 Å². The number of aromatic amines is 1. The predicted octanol–water partition coefficient (Wildman–Crippen LogP) is 4.29. The molecule has 3 heterocycles. The Labute approximate surface area is 205 Å². The largest absolute Gasteiger partial charge is 0.357 e. The van der Waals surface area contributed by atoms with Crippen LogP contribution in [0.5, 0.6) is 0 Å². The number of aryl methyl sites for hydroxylation is 1. The molecule has 0 spiro atoms. The van der Waals surface area contributed by atoms with Crippen molar-refractivity contribution in [2.45, 2.75) is 39.3 Å². The number of amides is 1. The summed E-state index contributed by atoms with van der Waals surface area (Å²) in [5, 5.41) is 14.8. The van der Waals surface area contributed by atoms with Gasteiger partial charge in [0.05, 0.1) is 17.1 Å². The average molecular weight is 470 g/mol. The summed E-state index contributed by atoms with van der Waals surface area (Å²) in [5.74, 6) is 1.38. The number of H-pyrrole nitrogens is 1. The van der Waals surface area contributed by atoms with Gasteiger partial charge in [-0.15, -0.1) is 0 Å². The van der Waals surface area contributed by atoms with Crippen LogP contribution in [0.2, 0.25) is 0 Å². The summed E-state index contributed by atoms with van der Waals surface area (Å²) in [6, 6.07) is 18.5. The zero-order chi connectivity index (χ0) is 24.4. The molecule has 4 aromatic rings. The lowest BCUT2D eigenvalue weighted by Gasteiger charge is -2.38. The first-order valence-electron chi connectivity index (χ1n) is 12.1. The molecule has 0 radical (unpaired) electrons. The van der Waals surface area contributed by atoms with Gasteiger partial charge in [-0.25, -0.2) is 4.98 Å². The summed E-state index contributed by atoms with van der Waals surface area (Å²) in [7, 11) is 1.82. The number of hydrogen-bond donors (Lipinski definition) is 3. The Balaban J connectivity index is 1.38. The lowest BCUT2D eigenvalue weighted by Crippen LogP contribution is -2.47. The molecule has 1 amide bonds. The Morgan fingerprint density at radius 2 is 1.94 bits per heavy atom. The van der Waals surface area contributed by atoms with Gasteiger partial charge in [0.1, 0.15) is 5.82 Å².